The van der Waals surface area contributed by atoms with E-state index in [9.17, 15) is 9.90 Å². The number of carbonyl (C=O) groups is 1. The molecule has 1 aliphatic carbocycles. The van der Waals surface area contributed by atoms with E-state index in [2.05, 4.69) is 10.4 Å². The topological polar surface area (TPSA) is 67.2 Å². The van der Waals surface area contributed by atoms with E-state index >= 15 is 0 Å². The van der Waals surface area contributed by atoms with Crippen LogP contribution in [0.15, 0.2) is 6.08 Å². The van der Waals surface area contributed by atoms with Gasteiger partial charge in [0.2, 0.25) is 5.91 Å². The highest BCUT2D eigenvalue weighted by atomic mass is 35.5. The van der Waals surface area contributed by atoms with Crippen molar-refractivity contribution in [2.24, 2.45) is 7.05 Å². The van der Waals surface area contributed by atoms with E-state index in [1.807, 2.05) is 6.92 Å². The summed E-state index contributed by atoms with van der Waals surface area (Å²) in [5, 5.41) is 17.6. The average Bonchev–Trinajstić information content (AvgIpc) is 2.58. The van der Waals surface area contributed by atoms with Crippen LogP contribution in [-0.4, -0.2) is 32.9 Å². The summed E-state index contributed by atoms with van der Waals surface area (Å²) >= 11 is 6.11. The Morgan fingerprint density at radius 2 is 2.14 bits per heavy atom. The highest BCUT2D eigenvalue weighted by Gasteiger charge is 2.22. The quantitative estimate of drug-likeness (QED) is 0.664. The fraction of sp³-hybridized carbons (Fsp3) is 0.600. The van der Waals surface area contributed by atoms with E-state index < -0.39 is 6.10 Å². The molecular formula is C15H22ClN3O2. The molecule has 116 valence electrons. The normalized spacial score (nSPS) is 23.2. The van der Waals surface area contributed by atoms with Gasteiger partial charge in [-0.25, -0.2) is 0 Å². The highest BCUT2D eigenvalue weighted by molar-refractivity contribution is 6.31. The predicted molar refractivity (Wildman–Crippen MR) is 83.0 cm³/mol. The summed E-state index contributed by atoms with van der Waals surface area (Å²) in [6, 6.07) is -0.157. The second kappa shape index (κ2) is 7.09. The SMILES string of the molecule is Cc1nn(C)c(Cl)c1/C=C/C(=O)NC1CCCCCC1O. The molecule has 2 atom stereocenters. The van der Waals surface area contributed by atoms with Crippen molar-refractivity contribution >= 4 is 23.6 Å². The summed E-state index contributed by atoms with van der Waals surface area (Å²) in [5.41, 5.74) is 1.52. The maximum atomic E-state index is 12.0. The lowest BCUT2D eigenvalue weighted by atomic mass is 10.1. The van der Waals surface area contributed by atoms with Crippen molar-refractivity contribution in [1.82, 2.24) is 15.1 Å². The number of aliphatic hydroxyl groups is 1. The number of amides is 1. The molecule has 1 amide bonds. The van der Waals surface area contributed by atoms with Crippen LogP contribution in [0.1, 0.15) is 43.4 Å². The molecule has 1 aromatic heterocycles. The Morgan fingerprint density at radius 3 is 2.81 bits per heavy atom. The Balaban J connectivity index is 1.99. The summed E-state index contributed by atoms with van der Waals surface area (Å²) in [6.45, 7) is 1.85. The molecule has 1 saturated carbocycles. The number of halogens is 1. The zero-order valence-electron chi connectivity index (χ0n) is 12.5. The number of aryl methyl sites for hydroxylation is 2. The number of nitrogens with one attached hydrogen (secondary N) is 1. The molecule has 0 aromatic carbocycles. The molecular weight excluding hydrogens is 290 g/mol. The van der Waals surface area contributed by atoms with Crippen LogP contribution in [0.3, 0.4) is 0 Å². The third kappa shape index (κ3) is 4.08. The number of hydrogen-bond donors (Lipinski definition) is 2. The van der Waals surface area contributed by atoms with Crippen molar-refractivity contribution < 1.29 is 9.90 Å². The van der Waals surface area contributed by atoms with Crippen LogP contribution in [0.5, 0.6) is 0 Å². The van der Waals surface area contributed by atoms with Gasteiger partial charge in [0.05, 0.1) is 17.8 Å². The molecule has 2 rings (SSSR count). The molecule has 5 nitrogen and oxygen atoms in total. The van der Waals surface area contributed by atoms with Crippen LogP contribution in [0.25, 0.3) is 6.08 Å². The first-order chi connectivity index (χ1) is 9.99. The van der Waals surface area contributed by atoms with Gasteiger partial charge < -0.3 is 10.4 Å². The van der Waals surface area contributed by atoms with Gasteiger partial charge in [0.1, 0.15) is 5.15 Å². The van der Waals surface area contributed by atoms with Crippen molar-refractivity contribution in [1.29, 1.82) is 0 Å². The third-order valence-corrected chi connectivity index (χ3v) is 4.35. The van der Waals surface area contributed by atoms with Crippen molar-refractivity contribution in [3.8, 4) is 0 Å². The van der Waals surface area contributed by atoms with E-state index in [1.165, 1.54) is 6.08 Å². The van der Waals surface area contributed by atoms with Gasteiger partial charge in [0.25, 0.3) is 0 Å². The molecule has 0 radical (unpaired) electrons. The largest absolute Gasteiger partial charge is 0.391 e. The molecule has 0 bridgehead atoms. The Hall–Kier alpha value is -1.33. The van der Waals surface area contributed by atoms with E-state index in [0.717, 1.165) is 43.4 Å². The van der Waals surface area contributed by atoms with Crippen LogP contribution in [0, 0.1) is 6.92 Å². The predicted octanol–water partition coefficient (Wildman–Crippen LogP) is 2.20. The number of rotatable bonds is 3. The number of aliphatic hydroxyl groups excluding tert-OH is 1. The second-order valence-electron chi connectivity index (χ2n) is 5.57. The summed E-state index contributed by atoms with van der Waals surface area (Å²) in [4.78, 5) is 12.0. The smallest absolute Gasteiger partial charge is 0.244 e. The lowest BCUT2D eigenvalue weighted by molar-refractivity contribution is -0.118. The molecule has 1 aliphatic rings. The Labute approximate surface area is 130 Å². The molecule has 0 spiro atoms. The average molecular weight is 312 g/mol. The lowest BCUT2D eigenvalue weighted by Crippen LogP contribution is -2.41. The minimum atomic E-state index is -0.450. The van der Waals surface area contributed by atoms with E-state index in [1.54, 1.807) is 17.8 Å². The zero-order valence-corrected chi connectivity index (χ0v) is 13.2. The highest BCUT2D eigenvalue weighted by Crippen LogP contribution is 2.20. The Morgan fingerprint density at radius 1 is 1.43 bits per heavy atom. The van der Waals surface area contributed by atoms with Crippen LogP contribution in [-0.2, 0) is 11.8 Å². The van der Waals surface area contributed by atoms with Gasteiger partial charge in [0, 0.05) is 18.7 Å². The molecule has 2 unspecified atom stereocenters. The maximum absolute atomic E-state index is 12.0. The number of hydrogen-bond acceptors (Lipinski definition) is 3. The van der Waals surface area contributed by atoms with Gasteiger partial charge in [-0.1, -0.05) is 30.9 Å². The van der Waals surface area contributed by atoms with Crippen molar-refractivity contribution in [3.63, 3.8) is 0 Å². The fourth-order valence-corrected chi connectivity index (χ4v) is 2.92. The Bertz CT molecular complexity index is 539. The van der Waals surface area contributed by atoms with Crippen LogP contribution in [0.2, 0.25) is 5.15 Å². The molecule has 1 aromatic rings. The van der Waals surface area contributed by atoms with E-state index in [-0.39, 0.29) is 11.9 Å². The lowest BCUT2D eigenvalue weighted by Gasteiger charge is -2.20. The summed E-state index contributed by atoms with van der Waals surface area (Å²) in [7, 11) is 1.76. The first-order valence-corrected chi connectivity index (χ1v) is 7.72. The van der Waals surface area contributed by atoms with E-state index in [0.29, 0.717) is 5.15 Å². The fourth-order valence-electron chi connectivity index (χ4n) is 2.68. The molecule has 0 saturated heterocycles. The van der Waals surface area contributed by atoms with Crippen molar-refractivity contribution in [3.05, 3.63) is 22.5 Å². The van der Waals surface area contributed by atoms with Gasteiger partial charge >= 0.3 is 0 Å². The molecule has 2 N–H and O–H groups in total. The van der Waals surface area contributed by atoms with Gasteiger partial charge in [-0.3, -0.25) is 9.48 Å². The molecule has 6 heteroatoms. The van der Waals surface area contributed by atoms with Crippen molar-refractivity contribution in [2.45, 2.75) is 51.2 Å². The van der Waals surface area contributed by atoms with Gasteiger partial charge in [-0.05, 0) is 25.8 Å². The molecule has 21 heavy (non-hydrogen) atoms. The minimum absolute atomic E-state index is 0.157. The molecule has 1 heterocycles. The standard InChI is InChI=1S/C15H22ClN3O2/c1-10-11(15(16)19(2)18-10)8-9-14(21)17-12-6-4-3-5-7-13(12)20/h8-9,12-13,20H,3-7H2,1-2H3,(H,17,21)/b9-8+. The summed E-state index contributed by atoms with van der Waals surface area (Å²) < 4.78 is 1.57. The summed E-state index contributed by atoms with van der Waals surface area (Å²) in [5.74, 6) is -0.208. The van der Waals surface area contributed by atoms with Gasteiger partial charge in [-0.2, -0.15) is 5.10 Å². The van der Waals surface area contributed by atoms with Crippen LogP contribution in [0.4, 0.5) is 0 Å². The molecule has 1 fully saturated rings. The van der Waals surface area contributed by atoms with Crippen molar-refractivity contribution in [2.75, 3.05) is 0 Å². The number of aromatic nitrogens is 2. The first-order valence-electron chi connectivity index (χ1n) is 7.34. The number of nitrogens with zero attached hydrogens (tertiary/aromatic N) is 2. The second-order valence-corrected chi connectivity index (χ2v) is 5.93. The first kappa shape index (κ1) is 16.0. The van der Waals surface area contributed by atoms with Gasteiger partial charge in [-0.15, -0.1) is 0 Å². The summed E-state index contributed by atoms with van der Waals surface area (Å²) in [6.07, 6.45) is 7.43. The van der Waals surface area contributed by atoms with Gasteiger partial charge in [0.15, 0.2) is 0 Å². The zero-order chi connectivity index (χ0) is 15.4. The van der Waals surface area contributed by atoms with Crippen LogP contribution < -0.4 is 5.32 Å². The maximum Gasteiger partial charge on any atom is 0.244 e. The monoisotopic (exact) mass is 311 g/mol. The van der Waals surface area contributed by atoms with E-state index in [4.69, 9.17) is 11.6 Å². The van der Waals surface area contributed by atoms with Crippen LogP contribution >= 0.6 is 11.6 Å². The molecule has 0 aliphatic heterocycles. The third-order valence-electron chi connectivity index (χ3n) is 3.90. The number of carbonyl (C=O) groups excluding carboxylic acids is 1. The Kier molecular flexibility index (Phi) is 5.42. The minimum Gasteiger partial charge on any atom is -0.391 e.